The molecule has 0 spiro atoms. The van der Waals surface area contributed by atoms with Crippen LogP contribution in [0.1, 0.15) is 10.4 Å². The van der Waals surface area contributed by atoms with Crippen LogP contribution in [0, 0.1) is 5.82 Å². The van der Waals surface area contributed by atoms with Crippen LogP contribution in [0.4, 0.5) is 10.1 Å². The van der Waals surface area contributed by atoms with Gasteiger partial charge in [-0.1, -0.05) is 0 Å². The Morgan fingerprint density at radius 2 is 1.95 bits per heavy atom. The molecule has 1 fully saturated rings. The van der Waals surface area contributed by atoms with Crippen LogP contribution in [0.15, 0.2) is 18.2 Å². The molecule has 19 heavy (non-hydrogen) atoms. The summed E-state index contributed by atoms with van der Waals surface area (Å²) in [5, 5.41) is 8.85. The van der Waals surface area contributed by atoms with Crippen LogP contribution in [0.3, 0.4) is 0 Å². The van der Waals surface area contributed by atoms with Crippen molar-refractivity contribution in [2.24, 2.45) is 0 Å². The standard InChI is InChI=1S/C13H18FN3O2/c14-11-7-10(8-12(15)9-11)13(19)17-3-1-16(2-4-17)5-6-18/h7-9,18H,1-6,15H2. The number of benzene rings is 1. The van der Waals surface area contributed by atoms with Crippen molar-refractivity contribution in [3.63, 3.8) is 0 Å². The zero-order chi connectivity index (χ0) is 13.8. The van der Waals surface area contributed by atoms with Gasteiger partial charge >= 0.3 is 0 Å². The molecular weight excluding hydrogens is 249 g/mol. The van der Waals surface area contributed by atoms with E-state index in [4.69, 9.17) is 10.8 Å². The van der Waals surface area contributed by atoms with Gasteiger partial charge in [-0.2, -0.15) is 0 Å². The fraction of sp³-hybridized carbons (Fsp3) is 0.462. The minimum absolute atomic E-state index is 0.119. The molecule has 0 aliphatic carbocycles. The van der Waals surface area contributed by atoms with E-state index >= 15 is 0 Å². The lowest BCUT2D eigenvalue weighted by atomic mass is 10.1. The number of nitrogens with two attached hydrogens (primary N) is 1. The van der Waals surface area contributed by atoms with E-state index < -0.39 is 5.82 Å². The van der Waals surface area contributed by atoms with Crippen molar-refractivity contribution >= 4 is 11.6 Å². The van der Waals surface area contributed by atoms with Gasteiger partial charge in [-0.05, 0) is 18.2 Å². The van der Waals surface area contributed by atoms with E-state index in [1.807, 2.05) is 0 Å². The van der Waals surface area contributed by atoms with Gasteiger partial charge in [-0.3, -0.25) is 9.69 Å². The first-order chi connectivity index (χ1) is 9.10. The fourth-order valence-corrected chi connectivity index (χ4v) is 2.23. The smallest absolute Gasteiger partial charge is 0.254 e. The number of hydrogen-bond acceptors (Lipinski definition) is 4. The summed E-state index contributed by atoms with van der Waals surface area (Å²) in [6.07, 6.45) is 0. The lowest BCUT2D eigenvalue weighted by Gasteiger charge is -2.34. The lowest BCUT2D eigenvalue weighted by molar-refractivity contribution is 0.0614. The summed E-state index contributed by atoms with van der Waals surface area (Å²) in [4.78, 5) is 16.0. The number of nitrogen functional groups attached to an aromatic ring is 1. The van der Waals surface area contributed by atoms with Gasteiger partial charge in [0, 0.05) is 44.0 Å². The maximum Gasteiger partial charge on any atom is 0.254 e. The van der Waals surface area contributed by atoms with Crippen molar-refractivity contribution in [1.82, 2.24) is 9.80 Å². The maximum atomic E-state index is 13.2. The third kappa shape index (κ3) is 3.42. The van der Waals surface area contributed by atoms with Crippen molar-refractivity contribution in [3.05, 3.63) is 29.6 Å². The molecule has 1 aliphatic heterocycles. The minimum atomic E-state index is -0.498. The molecule has 3 N–H and O–H groups in total. The van der Waals surface area contributed by atoms with Gasteiger partial charge in [-0.15, -0.1) is 0 Å². The van der Waals surface area contributed by atoms with Crippen LogP contribution in [0.5, 0.6) is 0 Å². The van der Waals surface area contributed by atoms with Crippen molar-refractivity contribution in [2.45, 2.75) is 0 Å². The molecule has 1 aliphatic rings. The monoisotopic (exact) mass is 267 g/mol. The van der Waals surface area contributed by atoms with Crippen LogP contribution in [-0.4, -0.2) is 60.1 Å². The Morgan fingerprint density at radius 3 is 2.53 bits per heavy atom. The molecule has 2 rings (SSSR count). The number of β-amino-alcohol motifs (C(OH)–C–C–N with tert-alkyl or cyclic N) is 1. The van der Waals surface area contributed by atoms with Gasteiger partial charge in [-0.25, -0.2) is 4.39 Å². The molecule has 0 atom stereocenters. The quantitative estimate of drug-likeness (QED) is 0.765. The number of rotatable bonds is 3. The van der Waals surface area contributed by atoms with Gasteiger partial charge in [0.05, 0.1) is 6.61 Å². The molecule has 0 radical (unpaired) electrons. The summed E-state index contributed by atoms with van der Waals surface area (Å²) < 4.78 is 13.2. The van der Waals surface area contributed by atoms with Gasteiger partial charge < -0.3 is 15.7 Å². The molecule has 0 unspecified atom stereocenters. The SMILES string of the molecule is Nc1cc(F)cc(C(=O)N2CCN(CCO)CC2)c1. The molecule has 0 bridgehead atoms. The number of carbonyl (C=O) groups is 1. The van der Waals surface area contributed by atoms with E-state index in [0.717, 1.165) is 13.1 Å². The first-order valence-electron chi connectivity index (χ1n) is 6.28. The van der Waals surface area contributed by atoms with Gasteiger partial charge in [0.25, 0.3) is 5.91 Å². The number of piperazine rings is 1. The summed E-state index contributed by atoms with van der Waals surface area (Å²) >= 11 is 0. The second-order valence-corrected chi connectivity index (χ2v) is 4.63. The number of nitrogens with zero attached hydrogens (tertiary/aromatic N) is 2. The summed E-state index contributed by atoms with van der Waals surface area (Å²) in [5.74, 6) is -0.697. The topological polar surface area (TPSA) is 69.8 Å². The van der Waals surface area contributed by atoms with E-state index in [1.165, 1.54) is 18.2 Å². The predicted molar refractivity (Wildman–Crippen MR) is 70.2 cm³/mol. The number of aliphatic hydroxyl groups excluding tert-OH is 1. The Balaban J connectivity index is 2.01. The van der Waals surface area contributed by atoms with Crippen LogP contribution in [-0.2, 0) is 0 Å². The van der Waals surface area contributed by atoms with Gasteiger partial charge in [0.15, 0.2) is 0 Å². The third-order valence-electron chi connectivity index (χ3n) is 3.24. The zero-order valence-corrected chi connectivity index (χ0v) is 10.7. The highest BCUT2D eigenvalue weighted by Crippen LogP contribution is 2.14. The Hall–Kier alpha value is -1.66. The number of hydrogen-bond donors (Lipinski definition) is 2. The van der Waals surface area contributed by atoms with Crippen molar-refractivity contribution in [3.8, 4) is 0 Å². The summed E-state index contributed by atoms with van der Waals surface area (Å²) in [6, 6.07) is 3.89. The molecule has 1 aromatic carbocycles. The lowest BCUT2D eigenvalue weighted by Crippen LogP contribution is -2.49. The summed E-state index contributed by atoms with van der Waals surface area (Å²) in [6.45, 7) is 3.34. The van der Waals surface area contributed by atoms with Crippen LogP contribution >= 0.6 is 0 Å². The van der Waals surface area contributed by atoms with E-state index in [9.17, 15) is 9.18 Å². The number of halogens is 1. The molecule has 1 saturated heterocycles. The van der Waals surface area contributed by atoms with Gasteiger partial charge in [0.1, 0.15) is 5.82 Å². The summed E-state index contributed by atoms with van der Waals surface area (Å²) in [7, 11) is 0. The molecule has 1 aromatic rings. The van der Waals surface area contributed by atoms with Crippen LogP contribution in [0.25, 0.3) is 0 Å². The van der Waals surface area contributed by atoms with Crippen LogP contribution < -0.4 is 5.73 Å². The van der Waals surface area contributed by atoms with Crippen molar-refractivity contribution in [2.75, 3.05) is 45.1 Å². The average molecular weight is 267 g/mol. The number of amides is 1. The zero-order valence-electron chi connectivity index (χ0n) is 10.7. The van der Waals surface area contributed by atoms with Crippen LogP contribution in [0.2, 0.25) is 0 Å². The molecule has 104 valence electrons. The average Bonchev–Trinajstić information content (AvgIpc) is 2.38. The molecule has 1 amide bonds. The van der Waals surface area contributed by atoms with E-state index in [2.05, 4.69) is 4.90 Å². The fourth-order valence-electron chi connectivity index (χ4n) is 2.23. The minimum Gasteiger partial charge on any atom is -0.399 e. The highest BCUT2D eigenvalue weighted by molar-refractivity contribution is 5.95. The third-order valence-corrected chi connectivity index (χ3v) is 3.24. The number of aliphatic hydroxyl groups is 1. The molecule has 0 saturated carbocycles. The van der Waals surface area contributed by atoms with E-state index in [1.54, 1.807) is 4.90 Å². The Kier molecular flexibility index (Phi) is 4.34. The number of anilines is 1. The second-order valence-electron chi connectivity index (χ2n) is 4.63. The van der Waals surface area contributed by atoms with Crippen molar-refractivity contribution < 1.29 is 14.3 Å². The summed E-state index contributed by atoms with van der Waals surface area (Å²) in [5.41, 5.74) is 6.08. The second kappa shape index (κ2) is 5.99. The first kappa shape index (κ1) is 13.8. The first-order valence-corrected chi connectivity index (χ1v) is 6.28. The largest absolute Gasteiger partial charge is 0.399 e. The van der Waals surface area contributed by atoms with E-state index in [-0.39, 0.29) is 23.8 Å². The highest BCUT2D eigenvalue weighted by atomic mass is 19.1. The molecule has 6 heteroatoms. The Labute approximate surface area is 111 Å². The molecule has 5 nitrogen and oxygen atoms in total. The van der Waals surface area contributed by atoms with E-state index in [0.29, 0.717) is 19.6 Å². The Morgan fingerprint density at radius 1 is 1.26 bits per heavy atom. The Bertz CT molecular complexity index is 439. The highest BCUT2D eigenvalue weighted by Gasteiger charge is 2.22. The molecular formula is C13H18FN3O2. The van der Waals surface area contributed by atoms with Crippen molar-refractivity contribution in [1.29, 1.82) is 0 Å². The predicted octanol–water partition coefficient (Wildman–Crippen LogP) is 0.158. The molecule has 1 heterocycles. The van der Waals surface area contributed by atoms with Gasteiger partial charge in [0.2, 0.25) is 0 Å². The molecule has 0 aromatic heterocycles. The normalized spacial score (nSPS) is 16.6. The maximum absolute atomic E-state index is 13.2. The number of carbonyl (C=O) groups excluding carboxylic acids is 1.